The number of ether oxygens (including phenoxy) is 1. The quantitative estimate of drug-likeness (QED) is 0.686. The Morgan fingerprint density at radius 1 is 1.18 bits per heavy atom. The predicted molar refractivity (Wildman–Crippen MR) is 108 cm³/mol. The zero-order valence-corrected chi connectivity index (χ0v) is 17.3. The van der Waals surface area contributed by atoms with Gasteiger partial charge in [0.25, 0.3) is 0 Å². The number of nitrogens with zero attached hydrogens (tertiary/aromatic N) is 2. The van der Waals surface area contributed by atoms with E-state index in [2.05, 4.69) is 10.3 Å². The number of rotatable bonds is 7. The number of hydrogen-bond acceptors (Lipinski definition) is 6. The molecule has 1 aliphatic rings. The minimum Gasteiger partial charge on any atom is -0.379 e. The second-order valence-corrected chi connectivity index (χ2v) is 9.33. The normalized spacial score (nSPS) is 15.3. The fraction of sp³-hybridized carbons (Fsp3) is 0.368. The van der Waals surface area contributed by atoms with Crippen molar-refractivity contribution < 1.29 is 17.9 Å². The van der Waals surface area contributed by atoms with E-state index in [4.69, 9.17) is 4.74 Å². The summed E-state index contributed by atoms with van der Waals surface area (Å²) in [4.78, 5) is 16.4. The molecule has 0 aliphatic carbocycles. The Morgan fingerprint density at radius 2 is 1.89 bits per heavy atom. The van der Waals surface area contributed by atoms with E-state index in [-0.39, 0.29) is 16.6 Å². The lowest BCUT2D eigenvalue weighted by Gasteiger charge is -2.25. The lowest BCUT2D eigenvalue weighted by molar-refractivity contribution is -0.118. The van der Waals surface area contributed by atoms with Gasteiger partial charge in [0, 0.05) is 25.8 Å². The summed E-state index contributed by atoms with van der Waals surface area (Å²) in [5.74, 6) is 0.117. The Bertz CT molecular complexity index is 894. The number of carbonyl (C=O) groups is 1. The van der Waals surface area contributed by atoms with E-state index in [9.17, 15) is 13.2 Å². The molecule has 9 heteroatoms. The molecule has 2 aromatic rings. The molecule has 1 fully saturated rings. The summed E-state index contributed by atoms with van der Waals surface area (Å²) in [7, 11) is -3.55. The standard InChI is InChI=1S/C19H23N3O4S2/c1-15-2-4-16(5-3-15)12-20-18(23)14-27-19-7-6-17(13-21-19)28(24,25)22-8-10-26-11-9-22/h2-7,13H,8-12,14H2,1H3,(H,20,23). The van der Waals surface area contributed by atoms with E-state index < -0.39 is 10.0 Å². The molecule has 0 atom stereocenters. The van der Waals surface area contributed by atoms with Crippen LogP contribution in [0.3, 0.4) is 0 Å². The van der Waals surface area contributed by atoms with Crippen LogP contribution < -0.4 is 5.32 Å². The third-order valence-corrected chi connectivity index (χ3v) is 7.10. The van der Waals surface area contributed by atoms with Gasteiger partial charge in [-0.1, -0.05) is 41.6 Å². The van der Waals surface area contributed by atoms with Crippen LogP contribution in [0, 0.1) is 6.92 Å². The van der Waals surface area contributed by atoms with Gasteiger partial charge in [-0.05, 0) is 24.6 Å². The van der Waals surface area contributed by atoms with Gasteiger partial charge in [0.1, 0.15) is 4.90 Å². The van der Waals surface area contributed by atoms with E-state index in [0.717, 1.165) is 5.56 Å². The summed E-state index contributed by atoms with van der Waals surface area (Å²) in [6.45, 7) is 3.99. The first-order chi connectivity index (χ1) is 13.4. The van der Waals surface area contributed by atoms with Crippen molar-refractivity contribution in [1.82, 2.24) is 14.6 Å². The van der Waals surface area contributed by atoms with Crippen molar-refractivity contribution in [3.05, 3.63) is 53.7 Å². The zero-order valence-electron chi connectivity index (χ0n) is 15.6. The summed E-state index contributed by atoms with van der Waals surface area (Å²) in [6.07, 6.45) is 1.34. The summed E-state index contributed by atoms with van der Waals surface area (Å²) in [6, 6.07) is 11.1. The van der Waals surface area contributed by atoms with Crippen LogP contribution in [0.15, 0.2) is 52.5 Å². The molecular weight excluding hydrogens is 398 g/mol. The molecule has 28 heavy (non-hydrogen) atoms. The second-order valence-electron chi connectivity index (χ2n) is 6.40. The molecule has 0 radical (unpaired) electrons. The molecule has 1 aromatic carbocycles. The third kappa shape index (κ3) is 5.54. The Kier molecular flexibility index (Phi) is 7.06. The first kappa shape index (κ1) is 20.8. The maximum atomic E-state index is 12.6. The predicted octanol–water partition coefficient (Wildman–Crippen LogP) is 1.82. The van der Waals surface area contributed by atoms with Gasteiger partial charge >= 0.3 is 0 Å². The molecule has 1 amide bonds. The Labute approximate surface area is 169 Å². The molecule has 0 unspecified atom stereocenters. The Hall–Kier alpha value is -1.94. The molecule has 0 bridgehead atoms. The van der Waals surface area contributed by atoms with E-state index in [1.165, 1.54) is 33.9 Å². The number of hydrogen-bond donors (Lipinski definition) is 1. The molecule has 1 aliphatic heterocycles. The number of morpholine rings is 1. The lowest BCUT2D eigenvalue weighted by Crippen LogP contribution is -2.40. The highest BCUT2D eigenvalue weighted by Gasteiger charge is 2.26. The van der Waals surface area contributed by atoms with Gasteiger partial charge in [-0.25, -0.2) is 13.4 Å². The Morgan fingerprint density at radius 3 is 2.54 bits per heavy atom. The molecule has 3 rings (SSSR count). The van der Waals surface area contributed by atoms with Crippen LogP contribution in [0.5, 0.6) is 0 Å². The summed E-state index contributed by atoms with van der Waals surface area (Å²) >= 11 is 1.27. The molecule has 0 spiro atoms. The van der Waals surface area contributed by atoms with Crippen LogP contribution in [-0.4, -0.2) is 55.7 Å². The molecule has 7 nitrogen and oxygen atoms in total. The number of aryl methyl sites for hydroxylation is 1. The molecule has 150 valence electrons. The fourth-order valence-corrected chi connectivity index (χ4v) is 4.66. The number of pyridine rings is 1. The fourth-order valence-electron chi connectivity index (χ4n) is 2.64. The van der Waals surface area contributed by atoms with Crippen LogP contribution in [0.2, 0.25) is 0 Å². The second kappa shape index (κ2) is 9.51. The molecular formula is C19H23N3O4S2. The highest BCUT2D eigenvalue weighted by Crippen LogP contribution is 2.20. The third-order valence-electron chi connectivity index (χ3n) is 4.28. The highest BCUT2D eigenvalue weighted by atomic mass is 32.2. The van der Waals surface area contributed by atoms with Crippen LogP contribution >= 0.6 is 11.8 Å². The molecule has 2 heterocycles. The maximum absolute atomic E-state index is 12.6. The number of amides is 1. The van der Waals surface area contributed by atoms with Crippen LogP contribution in [0.25, 0.3) is 0 Å². The SMILES string of the molecule is Cc1ccc(CNC(=O)CSc2ccc(S(=O)(=O)N3CCOCC3)cn2)cc1. The van der Waals surface area contributed by atoms with Gasteiger partial charge in [-0.3, -0.25) is 4.79 Å². The summed E-state index contributed by atoms with van der Waals surface area (Å²) in [5, 5.41) is 3.47. The maximum Gasteiger partial charge on any atom is 0.244 e. The van der Waals surface area contributed by atoms with Gasteiger partial charge < -0.3 is 10.1 Å². The van der Waals surface area contributed by atoms with Crippen molar-refractivity contribution >= 4 is 27.7 Å². The minimum atomic E-state index is -3.55. The Balaban J connectivity index is 1.49. The monoisotopic (exact) mass is 421 g/mol. The average molecular weight is 422 g/mol. The van der Waals surface area contributed by atoms with E-state index in [1.54, 1.807) is 6.07 Å². The van der Waals surface area contributed by atoms with Gasteiger partial charge in [-0.2, -0.15) is 4.31 Å². The van der Waals surface area contributed by atoms with Crippen molar-refractivity contribution in [2.24, 2.45) is 0 Å². The first-order valence-electron chi connectivity index (χ1n) is 8.94. The van der Waals surface area contributed by atoms with Crippen LogP contribution in [-0.2, 0) is 26.1 Å². The topological polar surface area (TPSA) is 88.6 Å². The molecule has 1 saturated heterocycles. The van der Waals surface area contributed by atoms with Crippen molar-refractivity contribution in [2.45, 2.75) is 23.4 Å². The highest BCUT2D eigenvalue weighted by molar-refractivity contribution is 7.99. The number of aromatic nitrogens is 1. The van der Waals surface area contributed by atoms with E-state index in [1.807, 2.05) is 31.2 Å². The number of nitrogens with one attached hydrogen (secondary N) is 1. The lowest BCUT2D eigenvalue weighted by atomic mass is 10.1. The first-order valence-corrected chi connectivity index (χ1v) is 11.4. The van der Waals surface area contributed by atoms with E-state index in [0.29, 0.717) is 37.9 Å². The zero-order chi connectivity index (χ0) is 20.0. The van der Waals surface area contributed by atoms with Crippen molar-refractivity contribution in [3.8, 4) is 0 Å². The number of carbonyl (C=O) groups excluding carboxylic acids is 1. The smallest absolute Gasteiger partial charge is 0.244 e. The van der Waals surface area contributed by atoms with Crippen LogP contribution in [0.1, 0.15) is 11.1 Å². The summed E-state index contributed by atoms with van der Waals surface area (Å²) < 4.78 is 31.7. The summed E-state index contributed by atoms with van der Waals surface area (Å²) in [5.41, 5.74) is 2.22. The largest absolute Gasteiger partial charge is 0.379 e. The number of thioether (sulfide) groups is 1. The van der Waals surface area contributed by atoms with E-state index >= 15 is 0 Å². The van der Waals surface area contributed by atoms with Crippen molar-refractivity contribution in [2.75, 3.05) is 32.1 Å². The van der Waals surface area contributed by atoms with Crippen molar-refractivity contribution in [3.63, 3.8) is 0 Å². The minimum absolute atomic E-state index is 0.0996. The number of sulfonamides is 1. The van der Waals surface area contributed by atoms with Gasteiger partial charge in [0.05, 0.1) is 24.0 Å². The number of benzene rings is 1. The average Bonchev–Trinajstić information content (AvgIpc) is 2.73. The van der Waals surface area contributed by atoms with Crippen LogP contribution in [0.4, 0.5) is 0 Å². The molecule has 1 N–H and O–H groups in total. The van der Waals surface area contributed by atoms with Gasteiger partial charge in [-0.15, -0.1) is 0 Å². The van der Waals surface area contributed by atoms with Gasteiger partial charge in [0.2, 0.25) is 15.9 Å². The molecule has 1 aromatic heterocycles. The van der Waals surface area contributed by atoms with Crippen molar-refractivity contribution in [1.29, 1.82) is 0 Å². The molecule has 0 saturated carbocycles. The van der Waals surface area contributed by atoms with Gasteiger partial charge in [0.15, 0.2) is 0 Å².